The van der Waals surface area contributed by atoms with Crippen LogP contribution in [0.15, 0.2) is 18.2 Å². The number of hydrogen-bond acceptors (Lipinski definition) is 2. The Morgan fingerprint density at radius 2 is 1.94 bits per heavy atom. The lowest BCUT2D eigenvalue weighted by atomic mass is 10.0. The molecule has 0 spiro atoms. The second kappa shape index (κ2) is 5.54. The molecule has 0 bridgehead atoms. The maximum Gasteiger partial charge on any atom is 0.125 e. The minimum Gasteiger partial charge on any atom is -0.491 e. The van der Waals surface area contributed by atoms with E-state index in [2.05, 4.69) is 44.0 Å². The summed E-state index contributed by atoms with van der Waals surface area (Å²) in [5.74, 6) is 1.08. The lowest BCUT2D eigenvalue weighted by molar-refractivity contribution is 0.124. The third kappa shape index (κ3) is 3.01. The number of nitrogens with zero attached hydrogens (tertiary/aromatic N) is 1. The third-order valence-corrected chi connectivity index (χ3v) is 3.75. The van der Waals surface area contributed by atoms with Gasteiger partial charge < -0.3 is 9.64 Å². The van der Waals surface area contributed by atoms with Crippen molar-refractivity contribution in [2.75, 3.05) is 20.2 Å². The van der Waals surface area contributed by atoms with Crippen LogP contribution in [0.3, 0.4) is 0 Å². The second-order valence-corrected chi connectivity index (χ2v) is 5.16. The number of aryl methyl sites for hydroxylation is 2. The molecular weight excluding hydrogens is 210 g/mol. The smallest absolute Gasteiger partial charge is 0.125 e. The lowest BCUT2D eigenvalue weighted by Crippen LogP contribution is -2.40. The Labute approximate surface area is 105 Å². The van der Waals surface area contributed by atoms with Crippen molar-refractivity contribution in [1.82, 2.24) is 4.90 Å². The summed E-state index contributed by atoms with van der Waals surface area (Å²) in [7, 11) is 2.21. The fraction of sp³-hybridized carbons (Fsp3) is 0.600. The van der Waals surface area contributed by atoms with Crippen LogP contribution in [0.4, 0.5) is 0 Å². The Morgan fingerprint density at radius 3 is 2.59 bits per heavy atom. The summed E-state index contributed by atoms with van der Waals surface area (Å²) >= 11 is 0. The van der Waals surface area contributed by atoms with Gasteiger partial charge in [0, 0.05) is 6.04 Å². The molecule has 0 aromatic heterocycles. The number of benzene rings is 1. The molecular formula is C15H23NO. The Balaban J connectivity index is 1.97. The molecule has 0 saturated carbocycles. The van der Waals surface area contributed by atoms with Crippen molar-refractivity contribution in [2.24, 2.45) is 0 Å². The van der Waals surface area contributed by atoms with E-state index < -0.39 is 0 Å². The Bertz CT molecular complexity index is 355. The molecule has 2 nitrogen and oxygen atoms in total. The van der Waals surface area contributed by atoms with E-state index in [-0.39, 0.29) is 0 Å². The van der Waals surface area contributed by atoms with Gasteiger partial charge in [0.2, 0.25) is 0 Å². The van der Waals surface area contributed by atoms with Crippen LogP contribution < -0.4 is 4.74 Å². The van der Waals surface area contributed by atoms with E-state index in [4.69, 9.17) is 4.74 Å². The number of ether oxygens (including phenoxy) is 1. The molecule has 1 aliphatic rings. The summed E-state index contributed by atoms with van der Waals surface area (Å²) in [6.45, 7) is 6.27. The van der Waals surface area contributed by atoms with Crippen LogP contribution >= 0.6 is 0 Å². The van der Waals surface area contributed by atoms with Gasteiger partial charge in [-0.25, -0.2) is 0 Å². The first-order chi connectivity index (χ1) is 8.18. The molecule has 94 valence electrons. The molecule has 0 amide bonds. The van der Waals surface area contributed by atoms with Crippen molar-refractivity contribution in [3.63, 3.8) is 0 Å². The fourth-order valence-electron chi connectivity index (χ4n) is 2.56. The van der Waals surface area contributed by atoms with Crippen LogP contribution in [-0.4, -0.2) is 31.1 Å². The fourth-order valence-corrected chi connectivity index (χ4v) is 2.56. The predicted octanol–water partition coefficient (Wildman–Crippen LogP) is 3.17. The highest BCUT2D eigenvalue weighted by atomic mass is 16.5. The zero-order valence-corrected chi connectivity index (χ0v) is 11.2. The molecule has 2 rings (SSSR count). The molecule has 0 radical (unpaired) electrons. The molecule has 1 aromatic rings. The summed E-state index contributed by atoms with van der Waals surface area (Å²) in [5.41, 5.74) is 2.48. The number of likely N-dealkylation sites (tertiary alicyclic amines) is 1. The lowest BCUT2D eigenvalue weighted by Gasteiger charge is -2.32. The van der Waals surface area contributed by atoms with Gasteiger partial charge in [-0.3, -0.25) is 0 Å². The van der Waals surface area contributed by atoms with Gasteiger partial charge in [-0.15, -0.1) is 0 Å². The summed E-state index contributed by atoms with van der Waals surface area (Å²) < 4.78 is 6.04. The maximum absolute atomic E-state index is 6.04. The Hall–Kier alpha value is -1.02. The van der Waals surface area contributed by atoms with Gasteiger partial charge in [0.15, 0.2) is 0 Å². The molecule has 0 unspecified atom stereocenters. The van der Waals surface area contributed by atoms with E-state index >= 15 is 0 Å². The summed E-state index contributed by atoms with van der Waals surface area (Å²) in [4.78, 5) is 2.43. The zero-order chi connectivity index (χ0) is 12.3. The van der Waals surface area contributed by atoms with E-state index in [1.807, 2.05) is 0 Å². The van der Waals surface area contributed by atoms with Crippen LogP contribution in [0.5, 0.6) is 5.75 Å². The number of likely N-dealkylation sites (N-methyl/N-ethyl adjacent to an activating group) is 1. The minimum absolute atomic E-state index is 0.586. The quantitative estimate of drug-likeness (QED) is 0.795. The SMILES string of the molecule is Cc1cccc(C)c1OC[C@H]1CCCCN1C. The highest BCUT2D eigenvalue weighted by molar-refractivity contribution is 5.39. The first-order valence-electron chi connectivity index (χ1n) is 6.57. The molecule has 1 aliphatic heterocycles. The van der Waals surface area contributed by atoms with Gasteiger partial charge in [0.05, 0.1) is 0 Å². The van der Waals surface area contributed by atoms with Crippen molar-refractivity contribution >= 4 is 0 Å². The Morgan fingerprint density at radius 1 is 1.24 bits per heavy atom. The first-order valence-corrected chi connectivity index (χ1v) is 6.57. The zero-order valence-electron chi connectivity index (χ0n) is 11.2. The van der Waals surface area contributed by atoms with E-state index in [0.29, 0.717) is 6.04 Å². The van der Waals surface area contributed by atoms with Crippen LogP contribution in [0.25, 0.3) is 0 Å². The maximum atomic E-state index is 6.04. The van der Waals surface area contributed by atoms with Crippen LogP contribution in [0.1, 0.15) is 30.4 Å². The van der Waals surface area contributed by atoms with Gasteiger partial charge in [-0.05, 0) is 51.4 Å². The summed E-state index contributed by atoms with van der Waals surface area (Å²) in [6, 6.07) is 6.91. The monoisotopic (exact) mass is 233 g/mol. The summed E-state index contributed by atoms with van der Waals surface area (Å²) in [5, 5.41) is 0. The number of hydrogen-bond donors (Lipinski definition) is 0. The van der Waals surface area contributed by atoms with Crippen LogP contribution in [0.2, 0.25) is 0 Å². The van der Waals surface area contributed by atoms with Gasteiger partial charge in [0.25, 0.3) is 0 Å². The van der Waals surface area contributed by atoms with Gasteiger partial charge in [-0.2, -0.15) is 0 Å². The van der Waals surface area contributed by atoms with Crippen molar-refractivity contribution in [3.05, 3.63) is 29.3 Å². The highest BCUT2D eigenvalue weighted by Crippen LogP contribution is 2.24. The third-order valence-electron chi connectivity index (χ3n) is 3.75. The van der Waals surface area contributed by atoms with Crippen molar-refractivity contribution in [1.29, 1.82) is 0 Å². The first kappa shape index (κ1) is 12.4. The summed E-state index contributed by atoms with van der Waals surface area (Å²) in [6.07, 6.45) is 3.93. The van der Waals surface area contributed by atoms with Crippen LogP contribution in [-0.2, 0) is 0 Å². The number of piperidine rings is 1. The number of rotatable bonds is 3. The minimum atomic E-state index is 0.586. The largest absolute Gasteiger partial charge is 0.491 e. The second-order valence-electron chi connectivity index (χ2n) is 5.16. The molecule has 1 aromatic carbocycles. The molecule has 0 aliphatic carbocycles. The average Bonchev–Trinajstić information content (AvgIpc) is 2.30. The molecule has 1 fully saturated rings. The average molecular weight is 233 g/mol. The predicted molar refractivity (Wildman–Crippen MR) is 71.7 cm³/mol. The van der Waals surface area contributed by atoms with E-state index in [1.54, 1.807) is 0 Å². The topological polar surface area (TPSA) is 12.5 Å². The molecule has 0 N–H and O–H groups in total. The van der Waals surface area contributed by atoms with E-state index in [1.165, 1.54) is 36.9 Å². The highest BCUT2D eigenvalue weighted by Gasteiger charge is 2.19. The molecule has 1 saturated heterocycles. The van der Waals surface area contributed by atoms with Gasteiger partial charge >= 0.3 is 0 Å². The van der Waals surface area contributed by atoms with Crippen molar-refractivity contribution in [3.8, 4) is 5.75 Å². The van der Waals surface area contributed by atoms with E-state index in [9.17, 15) is 0 Å². The standard InChI is InChI=1S/C15H23NO/c1-12-7-6-8-13(2)15(12)17-11-14-9-4-5-10-16(14)3/h6-8,14H,4-5,9-11H2,1-3H3/t14-/m1/s1. The normalized spacial score (nSPS) is 21.5. The van der Waals surface area contributed by atoms with Crippen molar-refractivity contribution in [2.45, 2.75) is 39.2 Å². The van der Waals surface area contributed by atoms with Gasteiger partial charge in [-0.1, -0.05) is 24.6 Å². The molecule has 1 atom stereocenters. The van der Waals surface area contributed by atoms with Crippen LogP contribution in [0, 0.1) is 13.8 Å². The molecule has 2 heteroatoms. The van der Waals surface area contributed by atoms with Gasteiger partial charge in [0.1, 0.15) is 12.4 Å². The molecule has 17 heavy (non-hydrogen) atoms. The van der Waals surface area contributed by atoms with Crippen molar-refractivity contribution < 1.29 is 4.74 Å². The molecule has 1 heterocycles. The number of para-hydroxylation sites is 1. The van der Waals surface area contributed by atoms with E-state index in [0.717, 1.165) is 12.4 Å². The Kier molecular flexibility index (Phi) is 4.06.